The Labute approximate surface area is 165 Å². The van der Waals surface area contributed by atoms with Gasteiger partial charge < -0.3 is 10.2 Å². The van der Waals surface area contributed by atoms with Crippen molar-refractivity contribution < 1.29 is 14.0 Å². The van der Waals surface area contributed by atoms with Gasteiger partial charge in [0, 0.05) is 12.2 Å². The number of aryl methyl sites for hydroxylation is 1. The molecule has 1 aliphatic rings. The first-order chi connectivity index (χ1) is 13.3. The van der Waals surface area contributed by atoms with Crippen LogP contribution in [0.15, 0.2) is 34.1 Å². The molecule has 1 aromatic heterocycles. The highest BCUT2D eigenvalue weighted by atomic mass is 32.2. The van der Waals surface area contributed by atoms with Crippen LogP contribution in [0.4, 0.5) is 15.8 Å². The van der Waals surface area contributed by atoms with Crippen molar-refractivity contribution in [2.75, 3.05) is 22.5 Å². The number of hydrogen-bond donors (Lipinski definition) is 1. The first kappa shape index (κ1) is 20.1. The van der Waals surface area contributed by atoms with E-state index in [-0.39, 0.29) is 29.8 Å². The van der Waals surface area contributed by atoms with E-state index < -0.39 is 17.3 Å². The molecule has 0 unspecified atom stereocenters. The van der Waals surface area contributed by atoms with E-state index in [9.17, 15) is 18.8 Å². The molecule has 0 saturated heterocycles. The number of fused-ring (bicyclic) bond motifs is 1. The molecule has 2 heterocycles. The molecule has 1 N–H and O–H groups in total. The summed E-state index contributed by atoms with van der Waals surface area (Å²) in [7, 11) is 0. The van der Waals surface area contributed by atoms with Gasteiger partial charge in [0.05, 0.1) is 16.8 Å². The lowest BCUT2D eigenvalue weighted by atomic mass is 10.2. The number of halogens is 1. The molecule has 1 aliphatic heterocycles. The van der Waals surface area contributed by atoms with Crippen LogP contribution in [0.1, 0.15) is 19.4 Å². The van der Waals surface area contributed by atoms with Gasteiger partial charge in [-0.15, -0.1) is 11.8 Å². The molecule has 28 heavy (non-hydrogen) atoms. The molecule has 0 atom stereocenters. The highest BCUT2D eigenvalue weighted by molar-refractivity contribution is 8.00. The molecule has 9 heteroatoms. The van der Waals surface area contributed by atoms with Gasteiger partial charge >= 0.3 is 0 Å². The van der Waals surface area contributed by atoms with E-state index in [0.29, 0.717) is 22.7 Å². The van der Waals surface area contributed by atoms with Crippen LogP contribution >= 0.6 is 11.8 Å². The van der Waals surface area contributed by atoms with E-state index >= 15 is 0 Å². The SMILES string of the molecule is Cc1ccc(NC(=O)Cn2ncc3c(c2=O)N(CC(C)C)C(=O)CS3)cc1F. The molecule has 0 aliphatic carbocycles. The summed E-state index contributed by atoms with van der Waals surface area (Å²) < 4.78 is 14.7. The van der Waals surface area contributed by atoms with E-state index in [1.807, 2.05) is 13.8 Å². The standard InChI is InChI=1S/C19H21FN4O3S/c1-11(2)8-23-17(26)10-28-15-7-21-24(19(27)18(15)23)9-16(25)22-13-5-4-12(3)14(20)6-13/h4-7,11H,8-10H2,1-3H3,(H,22,25). The lowest BCUT2D eigenvalue weighted by Gasteiger charge is -2.29. The number of benzene rings is 1. The summed E-state index contributed by atoms with van der Waals surface area (Å²) >= 11 is 1.27. The van der Waals surface area contributed by atoms with Gasteiger partial charge in [0.1, 0.15) is 18.0 Å². The number of rotatable bonds is 5. The van der Waals surface area contributed by atoms with Crippen molar-refractivity contribution in [1.29, 1.82) is 0 Å². The maximum absolute atomic E-state index is 13.6. The quantitative estimate of drug-likeness (QED) is 0.827. The van der Waals surface area contributed by atoms with Gasteiger partial charge in [-0.3, -0.25) is 14.4 Å². The summed E-state index contributed by atoms with van der Waals surface area (Å²) in [6.45, 7) is 5.63. The molecule has 148 valence electrons. The van der Waals surface area contributed by atoms with Crippen LogP contribution in [0.2, 0.25) is 0 Å². The normalized spacial score (nSPS) is 13.6. The van der Waals surface area contributed by atoms with Crippen molar-refractivity contribution >= 4 is 35.0 Å². The third-order valence-electron chi connectivity index (χ3n) is 4.20. The zero-order valence-corrected chi connectivity index (χ0v) is 16.7. The highest BCUT2D eigenvalue weighted by Gasteiger charge is 2.29. The molecule has 0 radical (unpaired) electrons. The average molecular weight is 404 g/mol. The summed E-state index contributed by atoms with van der Waals surface area (Å²) in [6, 6.07) is 4.36. The molecule has 0 spiro atoms. The maximum Gasteiger partial charge on any atom is 0.292 e. The minimum Gasteiger partial charge on any atom is -0.324 e. The second kappa shape index (κ2) is 8.14. The van der Waals surface area contributed by atoms with Crippen LogP contribution in [-0.2, 0) is 16.1 Å². The molecule has 2 amide bonds. The van der Waals surface area contributed by atoms with Gasteiger partial charge in [-0.1, -0.05) is 19.9 Å². The van der Waals surface area contributed by atoms with Crippen molar-refractivity contribution in [2.24, 2.45) is 5.92 Å². The van der Waals surface area contributed by atoms with Crippen molar-refractivity contribution in [1.82, 2.24) is 9.78 Å². The monoisotopic (exact) mass is 404 g/mol. The highest BCUT2D eigenvalue weighted by Crippen LogP contribution is 2.32. The fourth-order valence-electron chi connectivity index (χ4n) is 2.84. The first-order valence-electron chi connectivity index (χ1n) is 8.85. The number of hydrogen-bond acceptors (Lipinski definition) is 5. The predicted molar refractivity (Wildman–Crippen MR) is 106 cm³/mol. The number of carbonyl (C=O) groups excluding carboxylic acids is 2. The Bertz CT molecular complexity index is 990. The second-order valence-corrected chi connectivity index (χ2v) is 8.04. The number of nitrogens with one attached hydrogen (secondary N) is 1. The molecule has 3 rings (SSSR count). The summed E-state index contributed by atoms with van der Waals surface area (Å²) in [4.78, 5) is 39.6. The number of thioether (sulfide) groups is 1. The zero-order valence-electron chi connectivity index (χ0n) is 15.9. The first-order valence-corrected chi connectivity index (χ1v) is 9.84. The molecule has 0 bridgehead atoms. The molecule has 0 fully saturated rings. The summed E-state index contributed by atoms with van der Waals surface area (Å²) in [5.74, 6) is -0.643. The van der Waals surface area contributed by atoms with Crippen LogP contribution in [0, 0.1) is 18.7 Å². The predicted octanol–water partition coefficient (Wildman–Crippen LogP) is 2.42. The third kappa shape index (κ3) is 4.24. The fraction of sp³-hybridized carbons (Fsp3) is 0.368. The van der Waals surface area contributed by atoms with Crippen molar-refractivity contribution in [3.8, 4) is 0 Å². The van der Waals surface area contributed by atoms with Crippen molar-refractivity contribution in [2.45, 2.75) is 32.2 Å². The Morgan fingerprint density at radius 2 is 2.11 bits per heavy atom. The molecular weight excluding hydrogens is 383 g/mol. The molecule has 0 saturated carbocycles. The third-order valence-corrected chi connectivity index (χ3v) is 5.20. The van der Waals surface area contributed by atoms with E-state index in [1.165, 1.54) is 28.9 Å². The Kier molecular flexibility index (Phi) is 5.83. The van der Waals surface area contributed by atoms with Crippen molar-refractivity contribution in [3.63, 3.8) is 0 Å². The van der Waals surface area contributed by atoms with Crippen molar-refractivity contribution in [3.05, 3.63) is 46.1 Å². The van der Waals surface area contributed by atoms with E-state index in [2.05, 4.69) is 10.4 Å². The Balaban J connectivity index is 1.84. The molecule has 7 nitrogen and oxygen atoms in total. The van der Waals surface area contributed by atoms with Crippen LogP contribution in [0.5, 0.6) is 0 Å². The van der Waals surface area contributed by atoms with Gasteiger partial charge in [-0.05, 0) is 30.5 Å². The van der Waals surface area contributed by atoms with E-state index in [4.69, 9.17) is 0 Å². The number of nitrogens with zero attached hydrogens (tertiary/aromatic N) is 3. The fourth-order valence-corrected chi connectivity index (χ4v) is 3.73. The number of anilines is 2. The number of aromatic nitrogens is 2. The average Bonchev–Trinajstić information content (AvgIpc) is 2.62. The van der Waals surface area contributed by atoms with Crippen LogP contribution < -0.4 is 15.8 Å². The second-order valence-electron chi connectivity index (χ2n) is 7.02. The summed E-state index contributed by atoms with van der Waals surface area (Å²) in [6.07, 6.45) is 1.50. The lowest BCUT2D eigenvalue weighted by molar-refractivity contribution is -0.117. The minimum atomic E-state index is -0.511. The zero-order chi connectivity index (χ0) is 20.4. The van der Waals surface area contributed by atoms with Gasteiger partial charge in [0.25, 0.3) is 5.56 Å². The molecule has 1 aromatic carbocycles. The Morgan fingerprint density at radius 1 is 1.36 bits per heavy atom. The van der Waals surface area contributed by atoms with E-state index in [1.54, 1.807) is 19.1 Å². The molecule has 2 aromatic rings. The lowest BCUT2D eigenvalue weighted by Crippen LogP contribution is -2.44. The smallest absolute Gasteiger partial charge is 0.292 e. The van der Waals surface area contributed by atoms with Gasteiger partial charge in [-0.2, -0.15) is 5.10 Å². The Morgan fingerprint density at radius 3 is 2.79 bits per heavy atom. The van der Waals surface area contributed by atoms with Crippen LogP contribution in [0.3, 0.4) is 0 Å². The summed E-state index contributed by atoms with van der Waals surface area (Å²) in [5, 5.41) is 6.61. The van der Waals surface area contributed by atoms with Gasteiger partial charge in [0.2, 0.25) is 11.8 Å². The van der Waals surface area contributed by atoms with Crippen LogP contribution in [0.25, 0.3) is 0 Å². The van der Waals surface area contributed by atoms with E-state index in [0.717, 1.165) is 4.68 Å². The molecular formula is C19H21FN4O3S. The van der Waals surface area contributed by atoms with Gasteiger partial charge in [0.15, 0.2) is 0 Å². The van der Waals surface area contributed by atoms with Crippen LogP contribution in [-0.4, -0.2) is 33.9 Å². The largest absolute Gasteiger partial charge is 0.324 e. The number of amides is 2. The number of carbonyl (C=O) groups is 2. The maximum atomic E-state index is 13.6. The Hall–Kier alpha value is -2.68. The van der Waals surface area contributed by atoms with Gasteiger partial charge in [-0.25, -0.2) is 9.07 Å². The topological polar surface area (TPSA) is 84.3 Å². The summed E-state index contributed by atoms with van der Waals surface area (Å²) in [5.41, 5.74) is 0.535. The minimum absolute atomic E-state index is 0.138.